The standard InChI is InChI=1S/C24H16BrF2NO5/c1-33-19-9-4-13(10-16(19)25)22(30)20-21(12-2-6-15(29)7-3-12)28(24(32)23(20)31)14-5-8-17(26)18(27)11-14/h2-11,21,29-30H,1H3/b22-20+. The molecule has 0 bridgehead atoms. The van der Waals surface area contributed by atoms with E-state index in [4.69, 9.17) is 4.74 Å². The largest absolute Gasteiger partial charge is 0.508 e. The molecule has 1 aliphatic rings. The van der Waals surface area contributed by atoms with Crippen molar-refractivity contribution >= 4 is 39.1 Å². The fourth-order valence-corrected chi connectivity index (χ4v) is 4.22. The molecule has 0 aromatic heterocycles. The number of benzene rings is 3. The Morgan fingerprint density at radius 1 is 1.00 bits per heavy atom. The number of amides is 1. The van der Waals surface area contributed by atoms with Crippen LogP contribution in [0.15, 0.2) is 70.7 Å². The van der Waals surface area contributed by atoms with E-state index in [-0.39, 0.29) is 22.6 Å². The smallest absolute Gasteiger partial charge is 0.300 e. The van der Waals surface area contributed by atoms with E-state index in [1.807, 2.05) is 0 Å². The van der Waals surface area contributed by atoms with E-state index in [2.05, 4.69) is 15.9 Å². The van der Waals surface area contributed by atoms with Gasteiger partial charge in [0, 0.05) is 17.3 Å². The molecule has 1 aliphatic heterocycles. The van der Waals surface area contributed by atoms with Crippen LogP contribution in [-0.4, -0.2) is 29.0 Å². The first kappa shape index (κ1) is 22.5. The molecule has 1 amide bonds. The van der Waals surface area contributed by atoms with Gasteiger partial charge in [0.05, 0.1) is 23.2 Å². The summed E-state index contributed by atoms with van der Waals surface area (Å²) in [5.41, 5.74) is 0.289. The Bertz CT molecular complexity index is 1310. The van der Waals surface area contributed by atoms with Crippen LogP contribution < -0.4 is 9.64 Å². The summed E-state index contributed by atoms with van der Waals surface area (Å²) in [5, 5.41) is 20.8. The quantitative estimate of drug-likeness (QED) is 0.288. The molecule has 0 radical (unpaired) electrons. The van der Waals surface area contributed by atoms with Gasteiger partial charge in [0.25, 0.3) is 11.7 Å². The van der Waals surface area contributed by atoms with Crippen LogP contribution >= 0.6 is 15.9 Å². The van der Waals surface area contributed by atoms with Gasteiger partial charge >= 0.3 is 0 Å². The third-order valence-corrected chi connectivity index (χ3v) is 5.88. The van der Waals surface area contributed by atoms with E-state index < -0.39 is 35.1 Å². The summed E-state index contributed by atoms with van der Waals surface area (Å²) < 4.78 is 33.2. The van der Waals surface area contributed by atoms with Crippen LogP contribution in [-0.2, 0) is 9.59 Å². The molecule has 1 heterocycles. The molecule has 168 valence electrons. The van der Waals surface area contributed by atoms with Gasteiger partial charge in [-0.05, 0) is 64.0 Å². The number of Topliss-reactive ketones (excluding diaryl/α,β-unsaturated/α-hetero) is 1. The van der Waals surface area contributed by atoms with Crippen molar-refractivity contribution < 1.29 is 33.3 Å². The minimum absolute atomic E-state index is 0.0531. The van der Waals surface area contributed by atoms with Gasteiger partial charge in [-0.15, -0.1) is 0 Å². The average Bonchev–Trinajstić information content (AvgIpc) is 3.06. The number of methoxy groups -OCH3 is 1. The topological polar surface area (TPSA) is 87.1 Å². The Labute approximate surface area is 195 Å². The predicted molar refractivity (Wildman–Crippen MR) is 120 cm³/mol. The number of rotatable bonds is 4. The van der Waals surface area contributed by atoms with E-state index in [1.165, 1.54) is 49.6 Å². The number of ketones is 1. The molecule has 4 rings (SSSR count). The second-order valence-electron chi connectivity index (χ2n) is 7.21. The summed E-state index contributed by atoms with van der Waals surface area (Å²) in [5.74, 6) is -4.35. The lowest BCUT2D eigenvalue weighted by molar-refractivity contribution is -0.132. The number of hydrogen-bond donors (Lipinski definition) is 2. The lowest BCUT2D eigenvalue weighted by Crippen LogP contribution is -2.29. The van der Waals surface area contributed by atoms with Crippen LogP contribution in [0.3, 0.4) is 0 Å². The monoisotopic (exact) mass is 515 g/mol. The van der Waals surface area contributed by atoms with Crippen molar-refractivity contribution in [1.82, 2.24) is 0 Å². The zero-order chi connectivity index (χ0) is 23.9. The number of carbonyl (C=O) groups is 2. The summed E-state index contributed by atoms with van der Waals surface area (Å²) in [4.78, 5) is 27.0. The van der Waals surface area contributed by atoms with Crippen molar-refractivity contribution in [2.45, 2.75) is 6.04 Å². The van der Waals surface area contributed by atoms with Gasteiger partial charge < -0.3 is 14.9 Å². The lowest BCUT2D eigenvalue weighted by Gasteiger charge is -2.25. The first-order chi connectivity index (χ1) is 15.7. The normalized spacial score (nSPS) is 17.5. The van der Waals surface area contributed by atoms with Crippen molar-refractivity contribution in [3.63, 3.8) is 0 Å². The molecule has 1 atom stereocenters. The first-order valence-electron chi connectivity index (χ1n) is 9.61. The number of aliphatic hydroxyl groups excluding tert-OH is 1. The van der Waals surface area contributed by atoms with Crippen LogP contribution in [0.4, 0.5) is 14.5 Å². The highest BCUT2D eigenvalue weighted by molar-refractivity contribution is 9.10. The summed E-state index contributed by atoms with van der Waals surface area (Å²) in [6, 6.07) is 11.9. The van der Waals surface area contributed by atoms with Gasteiger partial charge in [-0.3, -0.25) is 14.5 Å². The van der Waals surface area contributed by atoms with Crippen LogP contribution in [0.5, 0.6) is 11.5 Å². The van der Waals surface area contributed by atoms with Gasteiger partial charge in [-0.2, -0.15) is 0 Å². The molecule has 1 fully saturated rings. The Morgan fingerprint density at radius 2 is 1.70 bits per heavy atom. The Kier molecular flexibility index (Phi) is 5.90. The second kappa shape index (κ2) is 8.67. The lowest BCUT2D eigenvalue weighted by atomic mass is 9.95. The number of hydrogen-bond acceptors (Lipinski definition) is 5. The van der Waals surface area contributed by atoms with E-state index in [0.29, 0.717) is 15.8 Å². The maximum atomic E-state index is 14.0. The molecule has 9 heteroatoms. The highest BCUT2D eigenvalue weighted by atomic mass is 79.9. The Balaban J connectivity index is 1.94. The molecule has 2 N–H and O–H groups in total. The summed E-state index contributed by atoms with van der Waals surface area (Å²) >= 11 is 3.32. The predicted octanol–water partition coefficient (Wildman–Crippen LogP) is 5.07. The number of carbonyl (C=O) groups excluding carboxylic acids is 2. The van der Waals surface area contributed by atoms with E-state index in [0.717, 1.165) is 17.0 Å². The minimum atomic E-state index is -1.20. The summed E-state index contributed by atoms with van der Waals surface area (Å²) in [7, 11) is 1.47. The van der Waals surface area contributed by atoms with Crippen molar-refractivity contribution in [3.05, 3.63) is 93.5 Å². The fourth-order valence-electron chi connectivity index (χ4n) is 3.67. The number of ether oxygens (including phenoxy) is 1. The maximum Gasteiger partial charge on any atom is 0.300 e. The minimum Gasteiger partial charge on any atom is -0.508 e. The SMILES string of the molecule is COc1ccc(/C(O)=C2\C(=O)C(=O)N(c3ccc(F)c(F)c3)C2c2ccc(O)cc2)cc1Br. The number of nitrogens with zero attached hydrogens (tertiary/aromatic N) is 1. The van der Waals surface area contributed by atoms with Gasteiger partial charge in [0.15, 0.2) is 11.6 Å². The van der Waals surface area contributed by atoms with E-state index in [9.17, 15) is 28.6 Å². The number of phenolic OH excluding ortho intramolecular Hbond substituents is 1. The van der Waals surface area contributed by atoms with Crippen molar-refractivity contribution in [3.8, 4) is 11.5 Å². The molecular formula is C24H16BrF2NO5. The molecule has 1 saturated heterocycles. The zero-order valence-electron chi connectivity index (χ0n) is 17.1. The van der Waals surface area contributed by atoms with Crippen molar-refractivity contribution in [2.75, 3.05) is 12.0 Å². The van der Waals surface area contributed by atoms with Gasteiger partial charge in [0.1, 0.15) is 17.3 Å². The number of aromatic hydroxyl groups is 1. The fraction of sp³-hybridized carbons (Fsp3) is 0.0833. The molecule has 0 saturated carbocycles. The summed E-state index contributed by atoms with van der Waals surface area (Å²) in [6.07, 6.45) is 0. The number of phenols is 1. The van der Waals surface area contributed by atoms with Gasteiger partial charge in [-0.25, -0.2) is 8.78 Å². The molecule has 6 nitrogen and oxygen atoms in total. The van der Waals surface area contributed by atoms with Crippen molar-refractivity contribution in [1.29, 1.82) is 0 Å². The molecule has 3 aromatic carbocycles. The van der Waals surface area contributed by atoms with Crippen LogP contribution in [0, 0.1) is 11.6 Å². The van der Waals surface area contributed by atoms with Gasteiger partial charge in [-0.1, -0.05) is 12.1 Å². The van der Waals surface area contributed by atoms with Gasteiger partial charge in [0.2, 0.25) is 0 Å². The van der Waals surface area contributed by atoms with Crippen LogP contribution in [0.2, 0.25) is 0 Å². The molecule has 33 heavy (non-hydrogen) atoms. The Hall–Kier alpha value is -3.72. The zero-order valence-corrected chi connectivity index (χ0v) is 18.6. The first-order valence-corrected chi connectivity index (χ1v) is 10.4. The van der Waals surface area contributed by atoms with Crippen molar-refractivity contribution in [2.24, 2.45) is 0 Å². The molecule has 0 aliphatic carbocycles. The second-order valence-corrected chi connectivity index (χ2v) is 8.06. The number of halogens is 3. The third-order valence-electron chi connectivity index (χ3n) is 5.26. The maximum absolute atomic E-state index is 14.0. The molecule has 0 spiro atoms. The van der Waals surface area contributed by atoms with Crippen LogP contribution in [0.1, 0.15) is 17.2 Å². The highest BCUT2D eigenvalue weighted by Gasteiger charge is 2.47. The third kappa shape index (κ3) is 3.95. The number of aliphatic hydroxyl groups is 1. The number of anilines is 1. The summed E-state index contributed by atoms with van der Waals surface area (Å²) in [6.45, 7) is 0. The average molecular weight is 516 g/mol. The van der Waals surface area contributed by atoms with E-state index >= 15 is 0 Å². The van der Waals surface area contributed by atoms with E-state index in [1.54, 1.807) is 6.07 Å². The molecule has 1 unspecified atom stereocenters. The molecular weight excluding hydrogens is 500 g/mol. The molecule has 3 aromatic rings. The highest BCUT2D eigenvalue weighted by Crippen LogP contribution is 2.43. The Morgan fingerprint density at radius 3 is 2.30 bits per heavy atom. The van der Waals surface area contributed by atoms with Crippen LogP contribution in [0.25, 0.3) is 5.76 Å².